The van der Waals surface area contributed by atoms with Crippen LogP contribution < -0.4 is 16.6 Å². The molecule has 0 unspecified atom stereocenters. The van der Waals surface area contributed by atoms with Gasteiger partial charge in [0.2, 0.25) is 5.91 Å². The number of nitrogens with zero attached hydrogens (tertiary/aromatic N) is 1. The van der Waals surface area contributed by atoms with Gasteiger partial charge in [0.15, 0.2) is 0 Å². The van der Waals surface area contributed by atoms with Crippen LogP contribution in [0.1, 0.15) is 39.5 Å². The third kappa shape index (κ3) is 4.03. The van der Waals surface area contributed by atoms with E-state index in [0.29, 0.717) is 29.2 Å². The minimum absolute atomic E-state index is 0.0600. The molecule has 0 radical (unpaired) electrons. The number of H-pyrrole nitrogens is 1. The summed E-state index contributed by atoms with van der Waals surface area (Å²) in [5.74, 6) is 0.920. The first kappa shape index (κ1) is 17.9. The molecule has 1 saturated carbocycles. The van der Waals surface area contributed by atoms with Gasteiger partial charge in [-0.3, -0.25) is 14.2 Å². The highest BCUT2D eigenvalue weighted by Gasteiger charge is 2.27. The highest BCUT2D eigenvalue weighted by Crippen LogP contribution is 2.29. The molecule has 6 nitrogen and oxygen atoms in total. The fraction of sp³-hybridized carbons (Fsp3) is 0.611. The molecule has 1 aliphatic carbocycles. The number of aromatic amines is 1. The van der Waals surface area contributed by atoms with E-state index < -0.39 is 0 Å². The topological polar surface area (TPSA) is 84.0 Å². The first-order valence-corrected chi connectivity index (χ1v) is 9.81. The quantitative estimate of drug-likeness (QED) is 0.855. The van der Waals surface area contributed by atoms with E-state index in [0.717, 1.165) is 25.7 Å². The van der Waals surface area contributed by atoms with E-state index in [9.17, 15) is 14.4 Å². The fourth-order valence-electron chi connectivity index (χ4n) is 3.45. The van der Waals surface area contributed by atoms with Crippen molar-refractivity contribution in [1.82, 2.24) is 14.9 Å². The zero-order chi connectivity index (χ0) is 18.0. The Hall–Kier alpha value is -1.89. The standard InChI is InChI=1S/C18H25N3O3S/c1-11(2)9-19-16(22)13-5-3-12(4-6-13)10-21-17(23)15-14(7-8-25-15)20-18(21)24/h7-8,11-13H,3-6,9-10H2,1-2H3,(H,19,22)(H,20,24). The zero-order valence-corrected chi connectivity index (χ0v) is 15.5. The number of fused-ring (bicyclic) bond motifs is 1. The molecule has 136 valence electrons. The molecule has 0 aromatic carbocycles. The Morgan fingerprint density at radius 3 is 2.72 bits per heavy atom. The van der Waals surface area contributed by atoms with Crippen LogP contribution in [-0.2, 0) is 11.3 Å². The van der Waals surface area contributed by atoms with E-state index >= 15 is 0 Å². The number of carbonyl (C=O) groups excluding carboxylic acids is 1. The molecule has 1 aliphatic rings. The molecular weight excluding hydrogens is 338 g/mol. The monoisotopic (exact) mass is 363 g/mol. The van der Waals surface area contributed by atoms with Crippen molar-refractivity contribution in [3.8, 4) is 0 Å². The number of amides is 1. The lowest BCUT2D eigenvalue weighted by Gasteiger charge is -2.28. The predicted molar refractivity (Wildman–Crippen MR) is 100 cm³/mol. The Morgan fingerprint density at radius 2 is 2.04 bits per heavy atom. The molecule has 2 aromatic rings. The van der Waals surface area contributed by atoms with Crippen molar-refractivity contribution < 1.29 is 4.79 Å². The van der Waals surface area contributed by atoms with E-state index in [1.165, 1.54) is 15.9 Å². The molecule has 25 heavy (non-hydrogen) atoms. The van der Waals surface area contributed by atoms with Gasteiger partial charge >= 0.3 is 5.69 Å². The van der Waals surface area contributed by atoms with Crippen molar-refractivity contribution in [1.29, 1.82) is 0 Å². The second-order valence-electron chi connectivity index (χ2n) is 7.37. The molecule has 3 rings (SSSR count). The van der Waals surface area contributed by atoms with Crippen LogP contribution in [-0.4, -0.2) is 22.0 Å². The van der Waals surface area contributed by atoms with Gasteiger partial charge in [-0.2, -0.15) is 0 Å². The van der Waals surface area contributed by atoms with Gasteiger partial charge in [-0.25, -0.2) is 4.79 Å². The summed E-state index contributed by atoms with van der Waals surface area (Å²) >= 11 is 1.35. The normalized spacial score (nSPS) is 20.9. The third-order valence-electron chi connectivity index (χ3n) is 4.93. The summed E-state index contributed by atoms with van der Waals surface area (Å²) in [4.78, 5) is 39.6. The largest absolute Gasteiger partial charge is 0.356 e. The molecule has 0 atom stereocenters. The number of thiophene rings is 1. The minimum atomic E-state index is -0.340. The average molecular weight is 363 g/mol. The molecule has 0 aliphatic heterocycles. The highest BCUT2D eigenvalue weighted by atomic mass is 32.1. The molecule has 2 aromatic heterocycles. The number of carbonyl (C=O) groups is 1. The number of hydrogen-bond acceptors (Lipinski definition) is 4. The summed E-state index contributed by atoms with van der Waals surface area (Å²) in [6.07, 6.45) is 3.38. The Balaban J connectivity index is 1.62. The van der Waals surface area contributed by atoms with Crippen molar-refractivity contribution in [3.05, 3.63) is 32.3 Å². The Bertz CT molecular complexity index is 856. The van der Waals surface area contributed by atoms with Crippen molar-refractivity contribution >= 4 is 27.5 Å². The van der Waals surface area contributed by atoms with E-state index in [1.807, 2.05) is 5.38 Å². The summed E-state index contributed by atoms with van der Waals surface area (Å²) in [6, 6.07) is 1.76. The van der Waals surface area contributed by atoms with E-state index in [1.54, 1.807) is 6.07 Å². The molecule has 2 N–H and O–H groups in total. The first-order valence-electron chi connectivity index (χ1n) is 8.93. The lowest BCUT2D eigenvalue weighted by atomic mass is 9.81. The summed E-state index contributed by atoms with van der Waals surface area (Å²) in [5, 5.41) is 4.82. The van der Waals surface area contributed by atoms with Crippen LogP contribution in [0, 0.1) is 17.8 Å². The van der Waals surface area contributed by atoms with Crippen LogP contribution in [0.25, 0.3) is 10.2 Å². The van der Waals surface area contributed by atoms with Gasteiger partial charge in [0.25, 0.3) is 5.56 Å². The molecule has 1 amide bonds. The van der Waals surface area contributed by atoms with E-state index in [2.05, 4.69) is 24.1 Å². The zero-order valence-electron chi connectivity index (χ0n) is 14.7. The van der Waals surface area contributed by atoms with E-state index in [-0.39, 0.29) is 29.0 Å². The van der Waals surface area contributed by atoms with Crippen LogP contribution in [0.2, 0.25) is 0 Å². The molecule has 2 heterocycles. The van der Waals surface area contributed by atoms with Gasteiger partial charge in [0.1, 0.15) is 4.70 Å². The van der Waals surface area contributed by atoms with Crippen molar-refractivity contribution in [2.45, 2.75) is 46.1 Å². The number of nitrogens with one attached hydrogen (secondary N) is 2. The average Bonchev–Trinajstić information content (AvgIpc) is 3.05. The number of aromatic nitrogens is 2. The van der Waals surface area contributed by atoms with Gasteiger partial charge in [0, 0.05) is 19.0 Å². The SMILES string of the molecule is CC(C)CNC(=O)C1CCC(Cn2c(=O)[nH]c3ccsc3c2=O)CC1. The second kappa shape index (κ2) is 7.56. The van der Waals surface area contributed by atoms with E-state index in [4.69, 9.17) is 0 Å². The van der Waals surface area contributed by atoms with Gasteiger partial charge in [-0.15, -0.1) is 11.3 Å². The maximum atomic E-state index is 12.5. The summed E-state index contributed by atoms with van der Waals surface area (Å²) < 4.78 is 1.92. The fourth-order valence-corrected chi connectivity index (χ4v) is 4.25. The summed E-state index contributed by atoms with van der Waals surface area (Å²) in [6.45, 7) is 5.31. The molecule has 7 heteroatoms. The molecule has 0 spiro atoms. The van der Waals surface area contributed by atoms with Gasteiger partial charge in [0.05, 0.1) is 5.52 Å². The van der Waals surface area contributed by atoms with Crippen molar-refractivity contribution in [2.75, 3.05) is 6.54 Å². The van der Waals surface area contributed by atoms with Crippen molar-refractivity contribution in [2.24, 2.45) is 17.8 Å². The Kier molecular flexibility index (Phi) is 5.42. The minimum Gasteiger partial charge on any atom is -0.356 e. The lowest BCUT2D eigenvalue weighted by molar-refractivity contribution is -0.126. The summed E-state index contributed by atoms with van der Waals surface area (Å²) in [7, 11) is 0. The molecule has 1 fully saturated rings. The van der Waals surface area contributed by atoms with Gasteiger partial charge < -0.3 is 10.3 Å². The van der Waals surface area contributed by atoms with Crippen LogP contribution in [0.5, 0.6) is 0 Å². The molecule has 0 saturated heterocycles. The van der Waals surface area contributed by atoms with Gasteiger partial charge in [-0.05, 0) is 49.0 Å². The Morgan fingerprint density at radius 1 is 1.32 bits per heavy atom. The first-order chi connectivity index (χ1) is 12.0. The highest BCUT2D eigenvalue weighted by molar-refractivity contribution is 7.17. The van der Waals surface area contributed by atoms with Crippen LogP contribution in [0.4, 0.5) is 0 Å². The number of hydrogen-bond donors (Lipinski definition) is 2. The molecular formula is C18H25N3O3S. The maximum absolute atomic E-state index is 12.5. The molecule has 0 bridgehead atoms. The van der Waals surface area contributed by atoms with Crippen molar-refractivity contribution in [3.63, 3.8) is 0 Å². The number of rotatable bonds is 5. The van der Waals surface area contributed by atoms with Gasteiger partial charge in [-0.1, -0.05) is 13.8 Å². The van der Waals surface area contributed by atoms with Crippen LogP contribution in [0.3, 0.4) is 0 Å². The smallest absolute Gasteiger partial charge is 0.328 e. The maximum Gasteiger partial charge on any atom is 0.328 e. The van der Waals surface area contributed by atoms with Crippen LogP contribution >= 0.6 is 11.3 Å². The second-order valence-corrected chi connectivity index (χ2v) is 8.28. The lowest BCUT2D eigenvalue weighted by Crippen LogP contribution is -2.39. The third-order valence-corrected chi connectivity index (χ3v) is 5.84. The summed E-state index contributed by atoms with van der Waals surface area (Å²) in [5.41, 5.74) is 0.0695. The Labute approximate surface area is 150 Å². The predicted octanol–water partition coefficient (Wildman–Crippen LogP) is 2.33. The van der Waals surface area contributed by atoms with Crippen LogP contribution in [0.15, 0.2) is 21.0 Å².